The molecule has 27 heavy (non-hydrogen) atoms. The molecule has 2 heterocycles. The fraction of sp³-hybridized carbons (Fsp3) is 0.591. The molecule has 2 aromatic heterocycles. The zero-order valence-corrected chi connectivity index (χ0v) is 15.9. The van der Waals surface area contributed by atoms with Gasteiger partial charge >= 0.3 is 0 Å². The van der Waals surface area contributed by atoms with E-state index < -0.39 is 0 Å². The highest BCUT2D eigenvalue weighted by Crippen LogP contribution is 2.29. The second kappa shape index (κ2) is 8.01. The van der Waals surface area contributed by atoms with Crippen molar-refractivity contribution in [2.45, 2.75) is 57.8 Å². The Kier molecular flexibility index (Phi) is 5.30. The number of H-pyrrole nitrogens is 1. The summed E-state index contributed by atoms with van der Waals surface area (Å²) < 4.78 is 1.79. The lowest BCUT2D eigenvalue weighted by Gasteiger charge is -2.22. The topological polar surface area (TPSA) is 63.6 Å². The summed E-state index contributed by atoms with van der Waals surface area (Å²) >= 11 is 0. The molecule has 2 fully saturated rings. The summed E-state index contributed by atoms with van der Waals surface area (Å²) in [6, 6.07) is 0. The summed E-state index contributed by atoms with van der Waals surface area (Å²) in [5.74, 6) is 15.8. The largest absolute Gasteiger partial charge is 0.311 e. The minimum absolute atomic E-state index is 0.222. The van der Waals surface area contributed by atoms with Gasteiger partial charge in [-0.3, -0.25) is 4.79 Å². The van der Waals surface area contributed by atoms with E-state index >= 15 is 0 Å². The van der Waals surface area contributed by atoms with Crippen molar-refractivity contribution in [2.24, 2.45) is 24.8 Å². The van der Waals surface area contributed by atoms with Gasteiger partial charge in [0.1, 0.15) is 0 Å². The fourth-order valence-electron chi connectivity index (χ4n) is 4.15. The van der Waals surface area contributed by atoms with Crippen LogP contribution in [0.25, 0.3) is 11.2 Å². The standard InChI is InChI=1S/C22H26N4O/c1-26-19(25-20-21(26)23-15-24-22(20)27)14-13-18-11-9-17(10-12-18)8-7-16-5-3-2-4-6-16/h15-18H,2-6,9-12H2,1H3,(H,23,24,27). The van der Waals surface area contributed by atoms with Gasteiger partial charge in [0.2, 0.25) is 0 Å². The van der Waals surface area contributed by atoms with Gasteiger partial charge in [-0.05, 0) is 44.4 Å². The number of nitrogens with one attached hydrogen (secondary N) is 1. The van der Waals surface area contributed by atoms with Crippen LogP contribution in [0.15, 0.2) is 11.1 Å². The second-order valence-corrected chi connectivity index (χ2v) is 7.84. The molecule has 1 N–H and O–H groups in total. The summed E-state index contributed by atoms with van der Waals surface area (Å²) in [7, 11) is 1.85. The van der Waals surface area contributed by atoms with Gasteiger partial charge in [0.15, 0.2) is 17.0 Å². The van der Waals surface area contributed by atoms with Crippen LogP contribution in [0.4, 0.5) is 0 Å². The van der Waals surface area contributed by atoms with E-state index in [9.17, 15) is 4.79 Å². The van der Waals surface area contributed by atoms with Gasteiger partial charge in [-0.1, -0.05) is 37.0 Å². The van der Waals surface area contributed by atoms with Crippen LogP contribution in [-0.4, -0.2) is 19.5 Å². The first kappa shape index (κ1) is 17.9. The van der Waals surface area contributed by atoms with E-state index in [2.05, 4.69) is 38.6 Å². The van der Waals surface area contributed by atoms with Crippen LogP contribution in [0.2, 0.25) is 0 Å². The van der Waals surface area contributed by atoms with Crippen LogP contribution in [0.1, 0.15) is 63.6 Å². The summed E-state index contributed by atoms with van der Waals surface area (Å²) in [5, 5.41) is 0. The first-order valence-corrected chi connectivity index (χ1v) is 10.1. The maximum absolute atomic E-state index is 11.8. The lowest BCUT2D eigenvalue weighted by molar-refractivity contribution is 0.371. The van der Waals surface area contributed by atoms with Gasteiger partial charge in [0.25, 0.3) is 5.56 Å². The minimum atomic E-state index is -0.222. The highest BCUT2D eigenvalue weighted by molar-refractivity contribution is 5.70. The van der Waals surface area contributed by atoms with E-state index in [4.69, 9.17) is 0 Å². The smallest absolute Gasteiger partial charge is 0.278 e. The van der Waals surface area contributed by atoms with E-state index in [1.165, 1.54) is 38.4 Å². The van der Waals surface area contributed by atoms with Crippen LogP contribution in [0, 0.1) is 41.4 Å². The third-order valence-electron chi connectivity index (χ3n) is 5.87. The first-order valence-electron chi connectivity index (χ1n) is 10.1. The van der Waals surface area contributed by atoms with Crippen LogP contribution >= 0.6 is 0 Å². The average molecular weight is 362 g/mol. The van der Waals surface area contributed by atoms with Crippen LogP contribution in [-0.2, 0) is 7.05 Å². The van der Waals surface area contributed by atoms with Crippen molar-refractivity contribution >= 4 is 11.2 Å². The molecule has 140 valence electrons. The minimum Gasteiger partial charge on any atom is -0.311 e. The molecule has 0 radical (unpaired) electrons. The Morgan fingerprint density at radius 1 is 0.963 bits per heavy atom. The molecule has 0 aliphatic heterocycles. The lowest BCUT2D eigenvalue weighted by Crippen LogP contribution is -2.12. The zero-order chi connectivity index (χ0) is 18.6. The third-order valence-corrected chi connectivity index (χ3v) is 5.87. The number of nitrogens with zero attached hydrogens (tertiary/aromatic N) is 3. The number of aryl methyl sites for hydroxylation is 1. The van der Waals surface area contributed by atoms with Crippen molar-refractivity contribution in [1.82, 2.24) is 19.5 Å². The molecule has 5 nitrogen and oxygen atoms in total. The van der Waals surface area contributed by atoms with E-state index in [0.717, 1.165) is 25.7 Å². The van der Waals surface area contributed by atoms with Crippen LogP contribution in [0.5, 0.6) is 0 Å². The van der Waals surface area contributed by atoms with Crippen molar-refractivity contribution in [3.63, 3.8) is 0 Å². The van der Waals surface area contributed by atoms with E-state index in [-0.39, 0.29) is 5.56 Å². The molecule has 0 spiro atoms. The zero-order valence-electron chi connectivity index (χ0n) is 15.9. The molecule has 2 aromatic rings. The quantitative estimate of drug-likeness (QED) is 0.731. The number of aromatic amines is 1. The van der Waals surface area contributed by atoms with Gasteiger partial charge < -0.3 is 9.55 Å². The Hall–Kier alpha value is -2.53. The summed E-state index contributed by atoms with van der Waals surface area (Å²) in [6.07, 6.45) is 12.6. The Morgan fingerprint density at radius 3 is 2.26 bits per heavy atom. The van der Waals surface area contributed by atoms with Gasteiger partial charge in [-0.25, -0.2) is 9.97 Å². The predicted molar refractivity (Wildman–Crippen MR) is 106 cm³/mol. The monoisotopic (exact) mass is 362 g/mol. The molecular formula is C22H26N4O. The molecule has 0 saturated heterocycles. The van der Waals surface area contributed by atoms with E-state index in [0.29, 0.717) is 34.7 Å². The number of fused-ring (bicyclic) bond motifs is 1. The number of imidazole rings is 1. The van der Waals surface area contributed by atoms with Crippen LogP contribution < -0.4 is 5.56 Å². The molecule has 0 bridgehead atoms. The molecule has 0 aromatic carbocycles. The Morgan fingerprint density at radius 2 is 1.59 bits per heavy atom. The Labute approximate surface area is 160 Å². The SMILES string of the molecule is Cn1c(C#CC2CCC(C#CC3CCCCC3)CC2)nc2c(=O)[nH]cnc21. The van der Waals surface area contributed by atoms with Gasteiger partial charge in [0.05, 0.1) is 6.33 Å². The van der Waals surface area contributed by atoms with Crippen molar-refractivity contribution in [3.8, 4) is 23.7 Å². The third kappa shape index (κ3) is 4.08. The first-order chi connectivity index (χ1) is 13.2. The predicted octanol–water partition coefficient (Wildman–Crippen LogP) is 3.40. The van der Waals surface area contributed by atoms with Crippen molar-refractivity contribution in [1.29, 1.82) is 0 Å². The summed E-state index contributed by atoms with van der Waals surface area (Å²) in [6.45, 7) is 0. The van der Waals surface area contributed by atoms with Crippen molar-refractivity contribution in [3.05, 3.63) is 22.5 Å². The second-order valence-electron chi connectivity index (χ2n) is 7.84. The lowest BCUT2D eigenvalue weighted by atomic mass is 9.82. The molecule has 2 aliphatic rings. The van der Waals surface area contributed by atoms with Crippen molar-refractivity contribution in [2.75, 3.05) is 0 Å². The highest BCUT2D eigenvalue weighted by Gasteiger charge is 2.19. The fourth-order valence-corrected chi connectivity index (χ4v) is 4.15. The van der Waals surface area contributed by atoms with Crippen LogP contribution in [0.3, 0.4) is 0 Å². The van der Waals surface area contributed by atoms with Gasteiger partial charge in [0, 0.05) is 24.8 Å². The number of hydrogen-bond donors (Lipinski definition) is 1. The number of hydrogen-bond acceptors (Lipinski definition) is 3. The molecule has 0 unspecified atom stereocenters. The molecule has 0 amide bonds. The van der Waals surface area contributed by atoms with E-state index in [1.807, 2.05) is 7.05 Å². The van der Waals surface area contributed by atoms with E-state index in [1.54, 1.807) is 4.57 Å². The molecule has 5 heteroatoms. The summed E-state index contributed by atoms with van der Waals surface area (Å²) in [5.41, 5.74) is 0.705. The van der Waals surface area contributed by atoms with Gasteiger partial charge in [-0.2, -0.15) is 0 Å². The maximum atomic E-state index is 11.8. The number of rotatable bonds is 0. The number of aromatic nitrogens is 4. The highest BCUT2D eigenvalue weighted by atomic mass is 16.1. The Balaban J connectivity index is 1.38. The Bertz CT molecular complexity index is 980. The molecule has 2 saturated carbocycles. The van der Waals surface area contributed by atoms with Crippen molar-refractivity contribution < 1.29 is 0 Å². The molecule has 4 rings (SSSR count). The van der Waals surface area contributed by atoms with Gasteiger partial charge in [-0.15, -0.1) is 0 Å². The molecular weight excluding hydrogens is 336 g/mol. The molecule has 2 aliphatic carbocycles. The maximum Gasteiger partial charge on any atom is 0.278 e. The molecule has 0 atom stereocenters. The summed E-state index contributed by atoms with van der Waals surface area (Å²) in [4.78, 5) is 22.9. The average Bonchev–Trinajstić information content (AvgIpc) is 3.04. The normalized spacial score (nSPS) is 23.3.